The molecule has 17 heavy (non-hydrogen) atoms. The van der Waals surface area contributed by atoms with Crippen LogP contribution in [0.15, 0.2) is 17.5 Å². The zero-order chi connectivity index (χ0) is 11.8. The molecule has 0 aliphatic heterocycles. The molecule has 5 heteroatoms. The molecule has 1 aliphatic rings. The van der Waals surface area contributed by atoms with Gasteiger partial charge in [-0.1, -0.05) is 0 Å². The van der Waals surface area contributed by atoms with Gasteiger partial charge in [-0.05, 0) is 36.3 Å². The average molecular weight is 267 g/mol. The van der Waals surface area contributed by atoms with E-state index in [0.717, 1.165) is 27.1 Å². The summed E-state index contributed by atoms with van der Waals surface area (Å²) in [6.07, 6.45) is 1.80. The summed E-state index contributed by atoms with van der Waals surface area (Å²) in [4.78, 5) is 12.6. The van der Waals surface area contributed by atoms with Gasteiger partial charge in [-0.25, -0.2) is 0 Å². The number of rotatable bonds is 4. The van der Waals surface area contributed by atoms with Crippen LogP contribution >= 0.6 is 22.7 Å². The van der Waals surface area contributed by atoms with Crippen LogP contribution in [0.3, 0.4) is 0 Å². The van der Waals surface area contributed by atoms with Gasteiger partial charge in [0.1, 0.15) is 0 Å². The molecule has 3 nitrogen and oxygen atoms in total. The molecular formula is C12H13NO2S2. The smallest absolute Gasteiger partial charge is 0.261 e. The van der Waals surface area contributed by atoms with Crippen LogP contribution in [0.2, 0.25) is 0 Å². The number of aliphatic hydroxyl groups excluding tert-OH is 1. The first-order valence-corrected chi connectivity index (χ1v) is 7.37. The van der Waals surface area contributed by atoms with Crippen molar-refractivity contribution in [3.63, 3.8) is 0 Å². The topological polar surface area (TPSA) is 49.3 Å². The molecule has 0 spiro atoms. The first-order valence-electron chi connectivity index (χ1n) is 5.67. The summed E-state index contributed by atoms with van der Waals surface area (Å²) in [5, 5.41) is 14.5. The quantitative estimate of drug-likeness (QED) is 0.894. The maximum atomic E-state index is 11.9. The fourth-order valence-corrected chi connectivity index (χ4v) is 3.83. The minimum absolute atomic E-state index is 0.0712. The van der Waals surface area contributed by atoms with E-state index < -0.39 is 0 Å². The van der Waals surface area contributed by atoms with Gasteiger partial charge in [-0.15, -0.1) is 22.7 Å². The molecule has 0 aromatic carbocycles. The van der Waals surface area contributed by atoms with E-state index in [4.69, 9.17) is 0 Å². The Balaban J connectivity index is 1.63. The lowest BCUT2D eigenvalue weighted by Gasteiger charge is -2.09. The van der Waals surface area contributed by atoms with Crippen molar-refractivity contribution in [3.05, 3.63) is 22.4 Å². The van der Waals surface area contributed by atoms with Crippen LogP contribution in [0.5, 0.6) is 0 Å². The third kappa shape index (κ3) is 2.36. The molecule has 3 rings (SSSR count). The van der Waals surface area contributed by atoms with Crippen molar-refractivity contribution in [2.45, 2.75) is 18.9 Å². The van der Waals surface area contributed by atoms with Crippen LogP contribution in [0.25, 0.3) is 9.40 Å². The highest BCUT2D eigenvalue weighted by molar-refractivity contribution is 7.27. The van der Waals surface area contributed by atoms with Crippen molar-refractivity contribution < 1.29 is 9.90 Å². The first-order chi connectivity index (χ1) is 8.24. The van der Waals surface area contributed by atoms with E-state index in [1.807, 2.05) is 17.5 Å². The summed E-state index contributed by atoms with van der Waals surface area (Å²) < 4.78 is 2.31. The van der Waals surface area contributed by atoms with Crippen molar-refractivity contribution >= 4 is 38.0 Å². The van der Waals surface area contributed by atoms with Gasteiger partial charge in [0, 0.05) is 15.9 Å². The number of carbonyl (C=O) groups excluding carboxylic acids is 1. The number of hydrogen-bond donors (Lipinski definition) is 2. The molecule has 1 atom stereocenters. The summed E-state index contributed by atoms with van der Waals surface area (Å²) in [6, 6.07) is 3.95. The Labute approximate surface area is 107 Å². The molecule has 2 heterocycles. The van der Waals surface area contributed by atoms with Crippen LogP contribution < -0.4 is 5.32 Å². The monoisotopic (exact) mass is 267 g/mol. The van der Waals surface area contributed by atoms with Gasteiger partial charge in [0.05, 0.1) is 11.0 Å². The second-order valence-corrected chi connectivity index (χ2v) is 6.41. The van der Waals surface area contributed by atoms with Crippen LogP contribution in [0.4, 0.5) is 0 Å². The zero-order valence-corrected chi connectivity index (χ0v) is 10.8. The lowest BCUT2D eigenvalue weighted by atomic mass is 10.2. The van der Waals surface area contributed by atoms with Gasteiger partial charge in [0.25, 0.3) is 5.91 Å². The Bertz CT molecular complexity index is 513. The van der Waals surface area contributed by atoms with E-state index in [0.29, 0.717) is 12.5 Å². The molecule has 1 unspecified atom stereocenters. The van der Waals surface area contributed by atoms with E-state index >= 15 is 0 Å². The number of amides is 1. The van der Waals surface area contributed by atoms with Crippen molar-refractivity contribution in [2.75, 3.05) is 6.54 Å². The minimum atomic E-state index is -0.375. The lowest BCUT2D eigenvalue weighted by molar-refractivity contribution is 0.0905. The van der Waals surface area contributed by atoms with Crippen molar-refractivity contribution in [1.82, 2.24) is 5.32 Å². The molecule has 2 N–H and O–H groups in total. The van der Waals surface area contributed by atoms with Crippen molar-refractivity contribution in [1.29, 1.82) is 0 Å². The number of hydrogen-bond acceptors (Lipinski definition) is 4. The molecule has 2 aromatic rings. The maximum absolute atomic E-state index is 11.9. The van der Waals surface area contributed by atoms with Crippen LogP contribution in [-0.4, -0.2) is 23.7 Å². The van der Waals surface area contributed by atoms with Crippen LogP contribution in [0.1, 0.15) is 22.5 Å². The Morgan fingerprint density at radius 3 is 3.06 bits per heavy atom. The summed E-state index contributed by atoms with van der Waals surface area (Å²) in [5.74, 6) is 0.334. The van der Waals surface area contributed by atoms with E-state index in [9.17, 15) is 9.90 Å². The molecule has 1 saturated carbocycles. The SMILES string of the molecule is O=C(NCC(O)C1CC1)c1cc2sccc2s1. The lowest BCUT2D eigenvalue weighted by Crippen LogP contribution is -2.32. The molecule has 1 fully saturated rings. The molecule has 0 radical (unpaired) electrons. The normalized spacial score (nSPS) is 17.2. The Morgan fingerprint density at radius 2 is 2.35 bits per heavy atom. The fraction of sp³-hybridized carbons (Fsp3) is 0.417. The number of thiophene rings is 2. The molecule has 1 amide bonds. The molecule has 0 saturated heterocycles. The summed E-state index contributed by atoms with van der Waals surface area (Å²) in [6.45, 7) is 0.370. The van der Waals surface area contributed by atoms with Crippen molar-refractivity contribution in [3.8, 4) is 0 Å². The van der Waals surface area contributed by atoms with Gasteiger partial charge >= 0.3 is 0 Å². The van der Waals surface area contributed by atoms with Crippen molar-refractivity contribution in [2.24, 2.45) is 5.92 Å². The van der Waals surface area contributed by atoms with E-state index in [1.54, 1.807) is 11.3 Å². The highest BCUT2D eigenvalue weighted by Gasteiger charge is 2.29. The molecule has 2 aromatic heterocycles. The standard InChI is InChI=1S/C12H13NO2S2/c14-8(7-1-2-7)6-13-12(15)11-5-10-9(17-11)3-4-16-10/h3-5,7-8,14H,1-2,6H2,(H,13,15). The Morgan fingerprint density at radius 1 is 1.53 bits per heavy atom. The zero-order valence-electron chi connectivity index (χ0n) is 9.18. The third-order valence-electron chi connectivity index (χ3n) is 3.00. The third-order valence-corrected chi connectivity index (χ3v) is 5.09. The number of aliphatic hydroxyl groups is 1. The second-order valence-electron chi connectivity index (χ2n) is 4.37. The highest BCUT2D eigenvalue weighted by atomic mass is 32.1. The fourth-order valence-electron chi connectivity index (χ4n) is 1.81. The molecule has 90 valence electrons. The summed E-state index contributed by atoms with van der Waals surface area (Å²) in [5.41, 5.74) is 0. The average Bonchev–Trinajstić information content (AvgIpc) is 2.94. The predicted molar refractivity (Wildman–Crippen MR) is 70.8 cm³/mol. The predicted octanol–water partition coefficient (Wildman–Crippen LogP) is 2.46. The Kier molecular flexibility index (Phi) is 2.90. The van der Waals surface area contributed by atoms with E-state index in [1.165, 1.54) is 11.3 Å². The molecule has 1 aliphatic carbocycles. The van der Waals surface area contributed by atoms with Crippen LogP contribution in [-0.2, 0) is 0 Å². The number of carbonyl (C=O) groups is 1. The van der Waals surface area contributed by atoms with Gasteiger partial charge in [0.15, 0.2) is 0 Å². The second kappa shape index (κ2) is 4.40. The summed E-state index contributed by atoms with van der Waals surface area (Å²) >= 11 is 3.15. The van der Waals surface area contributed by atoms with Crippen LogP contribution in [0, 0.1) is 5.92 Å². The van der Waals surface area contributed by atoms with Gasteiger partial charge < -0.3 is 10.4 Å². The Hall–Kier alpha value is -0.910. The molecular weight excluding hydrogens is 254 g/mol. The largest absolute Gasteiger partial charge is 0.391 e. The number of fused-ring (bicyclic) bond motifs is 1. The first kappa shape index (κ1) is 11.2. The summed E-state index contributed by atoms with van der Waals surface area (Å²) in [7, 11) is 0. The number of nitrogens with one attached hydrogen (secondary N) is 1. The molecule has 0 bridgehead atoms. The van der Waals surface area contributed by atoms with Gasteiger partial charge in [-0.2, -0.15) is 0 Å². The maximum Gasteiger partial charge on any atom is 0.261 e. The minimum Gasteiger partial charge on any atom is -0.391 e. The highest BCUT2D eigenvalue weighted by Crippen LogP contribution is 2.32. The van der Waals surface area contributed by atoms with Gasteiger partial charge in [-0.3, -0.25) is 4.79 Å². The van der Waals surface area contributed by atoms with E-state index in [-0.39, 0.29) is 12.0 Å². The van der Waals surface area contributed by atoms with E-state index in [2.05, 4.69) is 5.32 Å². The van der Waals surface area contributed by atoms with Gasteiger partial charge in [0.2, 0.25) is 0 Å².